The molecule has 0 bridgehead atoms. The molecule has 1 amide bonds. The summed E-state index contributed by atoms with van der Waals surface area (Å²) in [5.41, 5.74) is 5.24. The summed E-state index contributed by atoms with van der Waals surface area (Å²) in [4.78, 5) is 11.0. The van der Waals surface area contributed by atoms with E-state index in [0.717, 1.165) is 12.8 Å². The van der Waals surface area contributed by atoms with Gasteiger partial charge in [0.05, 0.1) is 0 Å². The zero-order chi connectivity index (χ0) is 9.40. The summed E-state index contributed by atoms with van der Waals surface area (Å²) in [7, 11) is 0. The van der Waals surface area contributed by atoms with Crippen molar-refractivity contribution < 1.29 is 4.79 Å². The van der Waals surface area contributed by atoms with Gasteiger partial charge >= 0.3 is 0 Å². The van der Waals surface area contributed by atoms with E-state index in [1.165, 1.54) is 0 Å². The Bertz CT molecular complexity index is 124. The van der Waals surface area contributed by atoms with Gasteiger partial charge in [-0.25, -0.2) is 0 Å². The second kappa shape index (κ2) is 7.10. The molecular formula is C9H20N2O. The van der Waals surface area contributed by atoms with E-state index >= 15 is 0 Å². The van der Waals surface area contributed by atoms with Crippen LogP contribution in [0.25, 0.3) is 0 Å². The van der Waals surface area contributed by atoms with Crippen molar-refractivity contribution in [2.45, 2.75) is 33.1 Å². The Morgan fingerprint density at radius 3 is 2.67 bits per heavy atom. The molecule has 0 aliphatic carbocycles. The number of carbonyl (C=O) groups excluding carboxylic acids is 1. The lowest BCUT2D eigenvalue weighted by Gasteiger charge is -2.04. The Morgan fingerprint density at radius 1 is 1.50 bits per heavy atom. The average Bonchev–Trinajstić information content (AvgIpc) is 2.00. The van der Waals surface area contributed by atoms with Crippen LogP contribution in [-0.4, -0.2) is 19.0 Å². The van der Waals surface area contributed by atoms with Gasteiger partial charge in [0.2, 0.25) is 5.91 Å². The monoisotopic (exact) mass is 172 g/mol. The fourth-order valence-electron chi connectivity index (χ4n) is 0.971. The van der Waals surface area contributed by atoms with Gasteiger partial charge < -0.3 is 11.1 Å². The van der Waals surface area contributed by atoms with Crippen LogP contribution in [0.2, 0.25) is 0 Å². The summed E-state index contributed by atoms with van der Waals surface area (Å²) in [5, 5.41) is 2.74. The van der Waals surface area contributed by atoms with Gasteiger partial charge in [-0.05, 0) is 12.3 Å². The van der Waals surface area contributed by atoms with Crippen molar-refractivity contribution >= 4 is 5.91 Å². The zero-order valence-electron chi connectivity index (χ0n) is 8.10. The molecule has 0 heterocycles. The number of carbonyl (C=O) groups is 1. The first-order valence-electron chi connectivity index (χ1n) is 4.63. The topological polar surface area (TPSA) is 55.1 Å². The summed E-state index contributed by atoms with van der Waals surface area (Å²) in [5.74, 6) is 0.813. The van der Waals surface area contributed by atoms with Crippen LogP contribution in [0.4, 0.5) is 0 Å². The molecule has 12 heavy (non-hydrogen) atoms. The second-order valence-electron chi connectivity index (χ2n) is 3.42. The smallest absolute Gasteiger partial charge is 0.220 e. The standard InChI is InChI=1S/C9H20N2O/c1-8(2)4-3-5-9(12)11-7-6-10/h8H,3-7,10H2,1-2H3,(H,11,12). The summed E-state index contributed by atoms with van der Waals surface area (Å²) in [6.45, 7) is 5.45. The SMILES string of the molecule is CC(C)CCCC(=O)NCCN. The molecule has 0 radical (unpaired) electrons. The van der Waals surface area contributed by atoms with Crippen molar-refractivity contribution in [1.29, 1.82) is 0 Å². The van der Waals surface area contributed by atoms with Crippen LogP contribution >= 0.6 is 0 Å². The van der Waals surface area contributed by atoms with Crippen LogP contribution in [-0.2, 0) is 4.79 Å². The van der Waals surface area contributed by atoms with E-state index < -0.39 is 0 Å². The van der Waals surface area contributed by atoms with Gasteiger partial charge in [0.25, 0.3) is 0 Å². The summed E-state index contributed by atoms with van der Waals surface area (Å²) < 4.78 is 0. The fourth-order valence-corrected chi connectivity index (χ4v) is 0.971. The van der Waals surface area contributed by atoms with Crippen molar-refractivity contribution in [2.24, 2.45) is 11.7 Å². The van der Waals surface area contributed by atoms with Gasteiger partial charge in [-0.3, -0.25) is 4.79 Å². The third-order valence-electron chi connectivity index (χ3n) is 1.65. The summed E-state index contributed by atoms with van der Waals surface area (Å²) >= 11 is 0. The maximum atomic E-state index is 11.0. The van der Waals surface area contributed by atoms with Crippen LogP contribution < -0.4 is 11.1 Å². The van der Waals surface area contributed by atoms with E-state index in [4.69, 9.17) is 5.73 Å². The molecule has 0 aliphatic heterocycles. The Hall–Kier alpha value is -0.570. The van der Waals surface area contributed by atoms with Crippen LogP contribution in [0.5, 0.6) is 0 Å². The minimum absolute atomic E-state index is 0.126. The van der Waals surface area contributed by atoms with Crippen molar-refractivity contribution in [1.82, 2.24) is 5.32 Å². The Morgan fingerprint density at radius 2 is 2.17 bits per heavy atom. The maximum absolute atomic E-state index is 11.0. The van der Waals surface area contributed by atoms with Gasteiger partial charge in [0.1, 0.15) is 0 Å². The Labute approximate surface area is 74.7 Å². The third kappa shape index (κ3) is 7.54. The molecule has 0 unspecified atom stereocenters. The average molecular weight is 172 g/mol. The molecule has 0 aliphatic rings. The van der Waals surface area contributed by atoms with E-state index in [-0.39, 0.29) is 5.91 Å². The molecule has 0 aromatic carbocycles. The number of amides is 1. The Balaban J connectivity index is 3.20. The van der Waals surface area contributed by atoms with E-state index in [1.807, 2.05) is 0 Å². The molecule has 0 fully saturated rings. The molecule has 0 atom stereocenters. The van der Waals surface area contributed by atoms with Crippen LogP contribution in [0.15, 0.2) is 0 Å². The van der Waals surface area contributed by atoms with E-state index in [1.54, 1.807) is 0 Å². The molecule has 3 heteroatoms. The van der Waals surface area contributed by atoms with Crippen LogP contribution in [0, 0.1) is 5.92 Å². The number of nitrogens with two attached hydrogens (primary N) is 1. The van der Waals surface area contributed by atoms with E-state index in [0.29, 0.717) is 25.4 Å². The lowest BCUT2D eigenvalue weighted by Crippen LogP contribution is -2.28. The first kappa shape index (κ1) is 11.4. The highest BCUT2D eigenvalue weighted by atomic mass is 16.1. The highest BCUT2D eigenvalue weighted by Gasteiger charge is 2.00. The van der Waals surface area contributed by atoms with Gasteiger partial charge in [0.15, 0.2) is 0 Å². The lowest BCUT2D eigenvalue weighted by atomic mass is 10.1. The van der Waals surface area contributed by atoms with E-state index in [9.17, 15) is 4.79 Å². The Kier molecular flexibility index (Phi) is 6.76. The first-order chi connectivity index (χ1) is 5.66. The molecule has 0 saturated carbocycles. The zero-order valence-corrected chi connectivity index (χ0v) is 8.10. The first-order valence-corrected chi connectivity index (χ1v) is 4.63. The van der Waals surface area contributed by atoms with Crippen molar-refractivity contribution in [3.05, 3.63) is 0 Å². The highest BCUT2D eigenvalue weighted by Crippen LogP contribution is 2.05. The number of hydrogen-bond donors (Lipinski definition) is 2. The molecule has 3 N–H and O–H groups in total. The third-order valence-corrected chi connectivity index (χ3v) is 1.65. The molecule has 0 saturated heterocycles. The van der Waals surface area contributed by atoms with Gasteiger partial charge in [0, 0.05) is 19.5 Å². The minimum Gasteiger partial charge on any atom is -0.355 e. The predicted octanol–water partition coefficient (Wildman–Crippen LogP) is 0.888. The fraction of sp³-hybridized carbons (Fsp3) is 0.889. The normalized spacial score (nSPS) is 10.3. The molecule has 72 valence electrons. The number of rotatable bonds is 6. The van der Waals surface area contributed by atoms with Crippen molar-refractivity contribution in [3.8, 4) is 0 Å². The van der Waals surface area contributed by atoms with Gasteiger partial charge in [-0.1, -0.05) is 20.3 Å². The minimum atomic E-state index is 0.126. The molecular weight excluding hydrogens is 152 g/mol. The highest BCUT2D eigenvalue weighted by molar-refractivity contribution is 5.75. The van der Waals surface area contributed by atoms with Crippen molar-refractivity contribution in [2.75, 3.05) is 13.1 Å². The molecule has 0 aromatic heterocycles. The molecule has 0 rings (SSSR count). The second-order valence-corrected chi connectivity index (χ2v) is 3.42. The largest absolute Gasteiger partial charge is 0.355 e. The lowest BCUT2D eigenvalue weighted by molar-refractivity contribution is -0.121. The summed E-state index contributed by atoms with van der Waals surface area (Å²) in [6.07, 6.45) is 2.74. The van der Waals surface area contributed by atoms with Gasteiger partial charge in [-0.2, -0.15) is 0 Å². The van der Waals surface area contributed by atoms with E-state index in [2.05, 4.69) is 19.2 Å². The number of hydrogen-bond acceptors (Lipinski definition) is 2. The molecule has 0 aromatic rings. The number of nitrogens with one attached hydrogen (secondary N) is 1. The summed E-state index contributed by atoms with van der Waals surface area (Å²) in [6, 6.07) is 0. The van der Waals surface area contributed by atoms with Gasteiger partial charge in [-0.15, -0.1) is 0 Å². The van der Waals surface area contributed by atoms with Crippen LogP contribution in [0.3, 0.4) is 0 Å². The predicted molar refractivity (Wildman–Crippen MR) is 50.8 cm³/mol. The van der Waals surface area contributed by atoms with Crippen molar-refractivity contribution in [3.63, 3.8) is 0 Å². The molecule has 0 spiro atoms. The molecule has 3 nitrogen and oxygen atoms in total. The van der Waals surface area contributed by atoms with Crippen LogP contribution in [0.1, 0.15) is 33.1 Å². The quantitative estimate of drug-likeness (QED) is 0.625. The maximum Gasteiger partial charge on any atom is 0.220 e.